The molecular formula is C22H32O7S. The fourth-order valence-corrected chi connectivity index (χ4v) is 3.97. The van der Waals surface area contributed by atoms with Crippen LogP contribution in [0.5, 0.6) is 0 Å². The van der Waals surface area contributed by atoms with E-state index < -0.39 is 28.0 Å². The van der Waals surface area contributed by atoms with Crippen molar-refractivity contribution in [2.24, 2.45) is 5.92 Å². The van der Waals surface area contributed by atoms with Crippen molar-refractivity contribution in [2.75, 3.05) is 6.61 Å². The second kappa shape index (κ2) is 10.5. The van der Waals surface area contributed by atoms with Gasteiger partial charge in [0, 0.05) is 25.2 Å². The molecule has 0 aliphatic carbocycles. The summed E-state index contributed by atoms with van der Waals surface area (Å²) < 4.78 is 40.6. The molecule has 0 spiro atoms. The second-order valence-electron chi connectivity index (χ2n) is 7.99. The molecule has 30 heavy (non-hydrogen) atoms. The molecule has 2 rings (SSSR count). The zero-order valence-corrected chi connectivity index (χ0v) is 18.7. The molecular weight excluding hydrogens is 408 g/mol. The molecule has 0 bridgehead atoms. The topological polar surface area (TPSA) is 99.1 Å². The molecule has 8 heteroatoms. The van der Waals surface area contributed by atoms with Gasteiger partial charge in [-0.2, -0.15) is 8.42 Å². The van der Waals surface area contributed by atoms with Crippen LogP contribution in [-0.4, -0.2) is 38.0 Å². The highest BCUT2D eigenvalue weighted by Gasteiger charge is 2.41. The van der Waals surface area contributed by atoms with Gasteiger partial charge in [0.1, 0.15) is 0 Å². The smallest absolute Gasteiger partial charge is 0.296 e. The number of benzene rings is 1. The van der Waals surface area contributed by atoms with E-state index in [4.69, 9.17) is 13.7 Å². The first kappa shape index (κ1) is 24.5. The summed E-state index contributed by atoms with van der Waals surface area (Å²) >= 11 is 0. The van der Waals surface area contributed by atoms with Crippen LogP contribution in [-0.2, 0) is 28.6 Å². The molecule has 1 saturated heterocycles. The minimum Gasteiger partial charge on any atom is -0.470 e. The average Bonchev–Trinajstić information content (AvgIpc) is 2.65. The van der Waals surface area contributed by atoms with Crippen molar-refractivity contribution < 1.29 is 32.0 Å². The number of Topliss-reactive ketones (excluding diaryl/α,β-unsaturated/α-hetero) is 1. The molecule has 1 N–H and O–H groups in total. The van der Waals surface area contributed by atoms with Crippen LogP contribution in [0.1, 0.15) is 57.9 Å². The SMILES string of the molecule is C=C1CCCC(O)(C(=O)CCCCOS(=O)(=O)c2ccc(C)cc2)OC(C(C)C)O1. The number of carbonyl (C=O) groups excluding carboxylic acids is 1. The van der Waals surface area contributed by atoms with Crippen molar-refractivity contribution in [3.8, 4) is 0 Å². The monoisotopic (exact) mass is 440 g/mol. The third-order valence-corrected chi connectivity index (χ3v) is 6.22. The minimum absolute atomic E-state index is 0.0413. The fraction of sp³-hybridized carbons (Fsp3) is 0.591. The number of hydrogen-bond donors (Lipinski definition) is 1. The van der Waals surface area contributed by atoms with Gasteiger partial charge >= 0.3 is 0 Å². The summed E-state index contributed by atoms with van der Waals surface area (Å²) in [6.07, 6.45) is 1.25. The van der Waals surface area contributed by atoms with Crippen LogP contribution in [0.15, 0.2) is 41.5 Å². The van der Waals surface area contributed by atoms with Gasteiger partial charge in [0.15, 0.2) is 5.78 Å². The second-order valence-corrected chi connectivity index (χ2v) is 9.61. The van der Waals surface area contributed by atoms with Gasteiger partial charge in [-0.3, -0.25) is 8.98 Å². The lowest BCUT2D eigenvalue weighted by Crippen LogP contribution is -2.47. The van der Waals surface area contributed by atoms with Crippen molar-refractivity contribution in [2.45, 2.75) is 76.3 Å². The molecule has 0 radical (unpaired) electrons. The summed E-state index contributed by atoms with van der Waals surface area (Å²) in [5.41, 5.74) is 0.955. The number of allylic oxidation sites excluding steroid dienone is 1. The maximum Gasteiger partial charge on any atom is 0.296 e. The molecule has 168 valence electrons. The number of ether oxygens (including phenoxy) is 2. The van der Waals surface area contributed by atoms with Crippen LogP contribution in [0.4, 0.5) is 0 Å². The summed E-state index contributed by atoms with van der Waals surface area (Å²) in [5.74, 6) is -1.84. The Morgan fingerprint density at radius 2 is 1.97 bits per heavy atom. The van der Waals surface area contributed by atoms with E-state index in [1.165, 1.54) is 12.1 Å². The third-order valence-electron chi connectivity index (χ3n) is 4.89. The van der Waals surface area contributed by atoms with Gasteiger partial charge in [-0.1, -0.05) is 38.1 Å². The number of unbranched alkanes of at least 4 members (excludes halogenated alkanes) is 1. The lowest BCUT2D eigenvalue weighted by atomic mass is 9.98. The first-order valence-electron chi connectivity index (χ1n) is 10.3. The van der Waals surface area contributed by atoms with Crippen molar-refractivity contribution >= 4 is 15.9 Å². The highest BCUT2D eigenvalue weighted by molar-refractivity contribution is 7.86. The maximum atomic E-state index is 12.6. The molecule has 1 heterocycles. The number of carbonyl (C=O) groups is 1. The number of aryl methyl sites for hydroxylation is 1. The zero-order valence-electron chi connectivity index (χ0n) is 17.9. The molecule has 1 aromatic carbocycles. The molecule has 7 nitrogen and oxygen atoms in total. The Morgan fingerprint density at radius 3 is 2.60 bits per heavy atom. The van der Waals surface area contributed by atoms with E-state index in [1.54, 1.807) is 12.1 Å². The molecule has 1 aliphatic heterocycles. The Labute approximate surface area is 179 Å². The average molecular weight is 441 g/mol. The molecule has 0 amide bonds. The zero-order chi connectivity index (χ0) is 22.4. The van der Waals surface area contributed by atoms with Crippen molar-refractivity contribution in [1.82, 2.24) is 0 Å². The van der Waals surface area contributed by atoms with E-state index in [2.05, 4.69) is 6.58 Å². The first-order valence-corrected chi connectivity index (χ1v) is 11.7. The molecule has 0 aromatic heterocycles. The molecule has 2 unspecified atom stereocenters. The molecule has 1 aromatic rings. The number of hydrogen-bond acceptors (Lipinski definition) is 7. The molecule has 0 saturated carbocycles. The highest BCUT2D eigenvalue weighted by atomic mass is 32.2. The van der Waals surface area contributed by atoms with Crippen LogP contribution in [0, 0.1) is 12.8 Å². The quantitative estimate of drug-likeness (QED) is 0.460. The number of aliphatic hydroxyl groups is 1. The Morgan fingerprint density at radius 1 is 1.30 bits per heavy atom. The van der Waals surface area contributed by atoms with Crippen LogP contribution in [0.3, 0.4) is 0 Å². The van der Waals surface area contributed by atoms with Crippen LogP contribution in [0.2, 0.25) is 0 Å². The van der Waals surface area contributed by atoms with Gasteiger partial charge in [-0.15, -0.1) is 0 Å². The Hall–Kier alpha value is -1.74. The van der Waals surface area contributed by atoms with E-state index >= 15 is 0 Å². The fourth-order valence-electron chi connectivity index (χ4n) is 3.03. The summed E-state index contributed by atoms with van der Waals surface area (Å²) in [6.45, 7) is 9.40. The maximum absolute atomic E-state index is 12.6. The third kappa shape index (κ3) is 6.91. The predicted octanol–water partition coefficient (Wildman–Crippen LogP) is 3.84. The van der Waals surface area contributed by atoms with Gasteiger partial charge < -0.3 is 14.6 Å². The van der Waals surface area contributed by atoms with Gasteiger partial charge in [-0.05, 0) is 38.3 Å². The van der Waals surface area contributed by atoms with E-state index in [1.807, 2.05) is 20.8 Å². The van der Waals surface area contributed by atoms with E-state index in [9.17, 15) is 18.3 Å². The summed E-state index contributed by atoms with van der Waals surface area (Å²) in [6, 6.07) is 6.40. The van der Waals surface area contributed by atoms with Gasteiger partial charge in [0.25, 0.3) is 10.1 Å². The van der Waals surface area contributed by atoms with E-state index in [-0.39, 0.29) is 30.3 Å². The van der Waals surface area contributed by atoms with Crippen molar-refractivity contribution in [1.29, 1.82) is 0 Å². The lowest BCUT2D eigenvalue weighted by Gasteiger charge is -2.35. The van der Waals surface area contributed by atoms with Crippen molar-refractivity contribution in [3.05, 3.63) is 42.2 Å². The highest BCUT2D eigenvalue weighted by Crippen LogP contribution is 2.30. The molecule has 1 aliphatic rings. The van der Waals surface area contributed by atoms with Crippen LogP contribution >= 0.6 is 0 Å². The summed E-state index contributed by atoms with van der Waals surface area (Å²) in [7, 11) is -3.83. The van der Waals surface area contributed by atoms with Crippen molar-refractivity contribution in [3.63, 3.8) is 0 Å². The molecule has 2 atom stereocenters. The minimum atomic E-state index is -3.83. The number of ketones is 1. The summed E-state index contributed by atoms with van der Waals surface area (Å²) in [5, 5.41) is 10.8. The standard InChI is InChI=1S/C22H32O7S/c1-16(2)21-28-18(4)8-7-14-22(24,29-21)20(23)9-5-6-15-27-30(25,26)19-12-10-17(3)11-13-19/h10-13,16,21,24H,4-9,14-15H2,1-3H3. The van der Waals surface area contributed by atoms with Crippen LogP contribution < -0.4 is 0 Å². The van der Waals surface area contributed by atoms with E-state index in [0.29, 0.717) is 31.4 Å². The number of rotatable bonds is 9. The van der Waals surface area contributed by atoms with Gasteiger partial charge in [0.05, 0.1) is 17.3 Å². The van der Waals surface area contributed by atoms with E-state index in [0.717, 1.165) is 5.56 Å². The largest absolute Gasteiger partial charge is 0.470 e. The molecule has 1 fully saturated rings. The first-order chi connectivity index (χ1) is 14.0. The van der Waals surface area contributed by atoms with Crippen LogP contribution in [0.25, 0.3) is 0 Å². The normalized spacial score (nSPS) is 23.0. The van der Waals surface area contributed by atoms with Gasteiger partial charge in [-0.25, -0.2) is 0 Å². The summed E-state index contributed by atoms with van der Waals surface area (Å²) in [4.78, 5) is 12.7. The van der Waals surface area contributed by atoms with Gasteiger partial charge in [0.2, 0.25) is 12.1 Å². The Bertz CT molecular complexity index is 830. The predicted molar refractivity (Wildman–Crippen MR) is 112 cm³/mol. The lowest BCUT2D eigenvalue weighted by molar-refractivity contribution is -0.287. The Kier molecular flexibility index (Phi) is 8.61. The Balaban J connectivity index is 1.84.